The number of nitrogens with one attached hydrogen (secondary N) is 2. The highest BCUT2D eigenvalue weighted by molar-refractivity contribution is 7.93. The highest BCUT2D eigenvalue weighted by Gasteiger charge is 2.36. The van der Waals surface area contributed by atoms with Gasteiger partial charge in [0.2, 0.25) is 0 Å². The van der Waals surface area contributed by atoms with Crippen LogP contribution in [-0.2, 0) is 16.4 Å². The first-order valence-corrected chi connectivity index (χ1v) is 9.62. The number of aryl methyl sites for hydroxylation is 1. The molecule has 0 spiro atoms. The lowest BCUT2D eigenvalue weighted by Gasteiger charge is -2.25. The molecule has 0 radical (unpaired) electrons. The molecule has 2 N–H and O–H groups in total. The summed E-state index contributed by atoms with van der Waals surface area (Å²) >= 11 is 0. The molecule has 0 bridgehead atoms. The molecule has 0 unspecified atom stereocenters. The van der Waals surface area contributed by atoms with Gasteiger partial charge in [0, 0.05) is 6.04 Å². The third-order valence-electron chi connectivity index (χ3n) is 4.70. The minimum absolute atomic E-state index is 0.108. The number of anilines is 1. The molecule has 26 heavy (non-hydrogen) atoms. The maximum absolute atomic E-state index is 13.4. The van der Waals surface area contributed by atoms with E-state index in [4.69, 9.17) is 0 Å². The Morgan fingerprint density at radius 1 is 1.04 bits per heavy atom. The summed E-state index contributed by atoms with van der Waals surface area (Å²) in [5.41, 5.74) is 1.24. The van der Waals surface area contributed by atoms with Gasteiger partial charge in [-0.3, -0.25) is 13.9 Å². The summed E-state index contributed by atoms with van der Waals surface area (Å²) < 4.78 is 28.2. The van der Waals surface area contributed by atoms with Gasteiger partial charge in [-0.25, -0.2) is 8.42 Å². The summed E-state index contributed by atoms with van der Waals surface area (Å²) in [5, 5.41) is 0. The zero-order valence-corrected chi connectivity index (χ0v) is 15.1. The van der Waals surface area contributed by atoms with Crippen molar-refractivity contribution in [3.63, 3.8) is 0 Å². The van der Waals surface area contributed by atoms with Crippen LogP contribution in [0.15, 0.2) is 50.9 Å². The van der Waals surface area contributed by atoms with Crippen molar-refractivity contribution in [1.29, 1.82) is 0 Å². The fourth-order valence-electron chi connectivity index (χ4n) is 3.54. The van der Waals surface area contributed by atoms with Crippen molar-refractivity contribution in [3.05, 3.63) is 68.2 Å². The summed E-state index contributed by atoms with van der Waals surface area (Å²) in [6, 6.07) is 10.2. The van der Waals surface area contributed by atoms with Gasteiger partial charge in [0.1, 0.15) is 0 Å². The van der Waals surface area contributed by atoms with Crippen LogP contribution in [0.5, 0.6) is 0 Å². The zero-order chi connectivity index (χ0) is 18.6. The third kappa shape index (κ3) is 2.37. The van der Waals surface area contributed by atoms with Gasteiger partial charge < -0.3 is 9.97 Å². The van der Waals surface area contributed by atoms with Gasteiger partial charge in [-0.1, -0.05) is 18.2 Å². The summed E-state index contributed by atoms with van der Waals surface area (Å²) in [6.45, 7) is 3.54. The maximum Gasteiger partial charge on any atom is 0.314 e. The molecule has 1 aliphatic heterocycles. The summed E-state index contributed by atoms with van der Waals surface area (Å²) in [7, 11) is -3.83. The van der Waals surface area contributed by atoms with E-state index < -0.39 is 21.1 Å². The van der Waals surface area contributed by atoms with E-state index in [0.29, 0.717) is 23.2 Å². The first kappa shape index (κ1) is 16.6. The lowest BCUT2D eigenvalue weighted by Crippen LogP contribution is -2.36. The molecule has 3 aromatic rings. The van der Waals surface area contributed by atoms with E-state index in [0.717, 1.165) is 5.56 Å². The van der Waals surface area contributed by atoms with Gasteiger partial charge in [0.15, 0.2) is 0 Å². The molecule has 1 atom stereocenters. The molecule has 0 saturated heterocycles. The van der Waals surface area contributed by atoms with E-state index in [2.05, 4.69) is 9.97 Å². The van der Waals surface area contributed by atoms with Crippen LogP contribution in [-0.4, -0.2) is 24.4 Å². The molecule has 0 aliphatic carbocycles. The van der Waals surface area contributed by atoms with Crippen LogP contribution >= 0.6 is 0 Å². The molecule has 7 nitrogen and oxygen atoms in total. The number of H-pyrrole nitrogens is 2. The molecule has 0 fully saturated rings. The fraction of sp³-hybridized carbons (Fsp3) is 0.222. The first-order chi connectivity index (χ1) is 12.3. The number of aromatic nitrogens is 2. The number of rotatable bonds is 2. The number of sulfonamides is 1. The largest absolute Gasteiger partial charge is 0.316 e. The monoisotopic (exact) mass is 371 g/mol. The lowest BCUT2D eigenvalue weighted by molar-refractivity contribution is 0.583. The second-order valence-corrected chi connectivity index (χ2v) is 8.34. The molecule has 1 aromatic heterocycles. The predicted molar refractivity (Wildman–Crippen MR) is 99.2 cm³/mol. The topological polar surface area (TPSA) is 103 Å². The van der Waals surface area contributed by atoms with Gasteiger partial charge in [-0.2, -0.15) is 0 Å². The third-order valence-corrected chi connectivity index (χ3v) is 6.77. The Morgan fingerprint density at radius 2 is 1.65 bits per heavy atom. The Bertz CT molecular complexity index is 1260. The molecule has 0 amide bonds. The van der Waals surface area contributed by atoms with Crippen molar-refractivity contribution in [2.75, 3.05) is 4.31 Å². The Balaban J connectivity index is 1.94. The van der Waals surface area contributed by atoms with E-state index in [1.807, 2.05) is 25.1 Å². The standard InChI is InChI=1S/C18H17N3O4S/c1-10-7-13-14(20-18(23)17(22)19-13)9-16(10)26(24,25)21-11(2)8-12-5-3-4-6-15(12)21/h3-7,9,11H,8H2,1-2H3,(H,19,22)(H,20,23)/t11-/m0/s1. The van der Waals surface area contributed by atoms with Crippen LogP contribution in [0.2, 0.25) is 0 Å². The van der Waals surface area contributed by atoms with E-state index in [9.17, 15) is 18.0 Å². The molecule has 0 saturated carbocycles. The van der Waals surface area contributed by atoms with Crippen molar-refractivity contribution in [3.8, 4) is 0 Å². The van der Waals surface area contributed by atoms with E-state index in [1.54, 1.807) is 19.1 Å². The van der Waals surface area contributed by atoms with Crippen LogP contribution in [0.4, 0.5) is 5.69 Å². The van der Waals surface area contributed by atoms with Gasteiger partial charge in [-0.05, 0) is 49.6 Å². The molecular weight excluding hydrogens is 354 g/mol. The minimum atomic E-state index is -3.83. The summed E-state index contributed by atoms with van der Waals surface area (Å²) in [4.78, 5) is 28.1. The van der Waals surface area contributed by atoms with Crippen molar-refractivity contribution in [2.45, 2.75) is 31.2 Å². The Hall–Kier alpha value is -2.87. The molecule has 1 aliphatic rings. The van der Waals surface area contributed by atoms with Crippen LogP contribution in [0.1, 0.15) is 18.1 Å². The van der Waals surface area contributed by atoms with E-state index in [-0.39, 0.29) is 16.5 Å². The second kappa shape index (κ2) is 5.57. The molecule has 4 rings (SSSR count). The maximum atomic E-state index is 13.4. The smallest absolute Gasteiger partial charge is 0.314 e. The molecule has 134 valence electrons. The number of hydrogen-bond donors (Lipinski definition) is 2. The number of para-hydroxylation sites is 1. The average Bonchev–Trinajstić information content (AvgIpc) is 2.92. The van der Waals surface area contributed by atoms with Gasteiger partial charge in [0.05, 0.1) is 21.6 Å². The molecule has 2 heterocycles. The number of benzene rings is 2. The normalized spacial score (nSPS) is 16.8. The summed E-state index contributed by atoms with van der Waals surface area (Å²) in [6.07, 6.45) is 0.645. The van der Waals surface area contributed by atoms with Gasteiger partial charge in [0.25, 0.3) is 10.0 Å². The Kier molecular flexibility index (Phi) is 3.55. The van der Waals surface area contributed by atoms with Crippen molar-refractivity contribution in [2.24, 2.45) is 0 Å². The van der Waals surface area contributed by atoms with E-state index in [1.165, 1.54) is 10.4 Å². The van der Waals surface area contributed by atoms with Crippen LogP contribution in [0.25, 0.3) is 11.0 Å². The number of nitrogens with zero attached hydrogens (tertiary/aromatic N) is 1. The quantitative estimate of drug-likeness (QED) is 0.669. The number of hydrogen-bond acceptors (Lipinski definition) is 4. The molecule has 8 heteroatoms. The lowest BCUT2D eigenvalue weighted by atomic mass is 10.1. The SMILES string of the molecule is Cc1cc2[nH]c(=O)c(=O)[nH]c2cc1S(=O)(=O)N1c2ccccc2C[C@@H]1C. The van der Waals surface area contributed by atoms with Crippen molar-refractivity contribution in [1.82, 2.24) is 9.97 Å². The Morgan fingerprint density at radius 3 is 2.35 bits per heavy atom. The number of fused-ring (bicyclic) bond motifs is 2. The Labute approximate surface area is 149 Å². The molecule has 2 aromatic carbocycles. The highest BCUT2D eigenvalue weighted by Crippen LogP contribution is 2.37. The van der Waals surface area contributed by atoms with Gasteiger partial charge >= 0.3 is 11.1 Å². The second-order valence-electron chi connectivity index (χ2n) is 6.55. The van der Waals surface area contributed by atoms with Crippen molar-refractivity contribution >= 4 is 26.7 Å². The zero-order valence-electron chi connectivity index (χ0n) is 14.2. The number of aromatic amines is 2. The first-order valence-electron chi connectivity index (χ1n) is 8.18. The average molecular weight is 371 g/mol. The van der Waals surface area contributed by atoms with Crippen LogP contribution < -0.4 is 15.4 Å². The highest BCUT2D eigenvalue weighted by atomic mass is 32.2. The summed E-state index contributed by atoms with van der Waals surface area (Å²) in [5.74, 6) is 0. The van der Waals surface area contributed by atoms with Gasteiger partial charge in [-0.15, -0.1) is 0 Å². The predicted octanol–water partition coefficient (Wildman–Crippen LogP) is 1.66. The van der Waals surface area contributed by atoms with E-state index >= 15 is 0 Å². The van der Waals surface area contributed by atoms with Crippen LogP contribution in [0, 0.1) is 6.92 Å². The molecular formula is C18H17N3O4S. The van der Waals surface area contributed by atoms with Crippen molar-refractivity contribution < 1.29 is 8.42 Å². The minimum Gasteiger partial charge on any atom is -0.316 e. The van der Waals surface area contributed by atoms with Crippen LogP contribution in [0.3, 0.4) is 0 Å². The fourth-order valence-corrected chi connectivity index (χ4v) is 5.47.